The lowest BCUT2D eigenvalue weighted by atomic mass is 10.0. The molecule has 1 amide bonds. The number of benzene rings is 3. The topological polar surface area (TPSA) is 53.9 Å². The molecule has 0 radical (unpaired) electrons. The Hall–Kier alpha value is -3.88. The van der Waals surface area contributed by atoms with Crippen molar-refractivity contribution in [1.29, 1.82) is 0 Å². The Balaban J connectivity index is 1.55. The van der Waals surface area contributed by atoms with Gasteiger partial charge in [-0.1, -0.05) is 42.5 Å². The quantitative estimate of drug-likeness (QED) is 0.370. The van der Waals surface area contributed by atoms with E-state index < -0.39 is 18.5 Å². The third-order valence-corrected chi connectivity index (χ3v) is 5.66. The fraction of sp³-hybridized carbons (Fsp3) is 0.231. The van der Waals surface area contributed by atoms with E-state index in [0.717, 1.165) is 6.92 Å². The molecule has 0 bridgehead atoms. The minimum Gasteiger partial charge on any atom is -0.434 e. The van der Waals surface area contributed by atoms with Crippen molar-refractivity contribution in [2.24, 2.45) is 11.0 Å². The van der Waals surface area contributed by atoms with Gasteiger partial charge in [-0.05, 0) is 42.8 Å². The van der Waals surface area contributed by atoms with E-state index in [1.807, 2.05) is 0 Å². The van der Waals surface area contributed by atoms with Gasteiger partial charge in [0.25, 0.3) is 11.8 Å². The third-order valence-electron chi connectivity index (χ3n) is 5.66. The number of hydrogen-bond donors (Lipinski definition) is 1. The summed E-state index contributed by atoms with van der Waals surface area (Å²) in [5.41, 5.74) is 2.29. The normalized spacial score (nSPS) is 16.0. The molecule has 1 atom stereocenters. The molecule has 3 aromatic carbocycles. The van der Waals surface area contributed by atoms with E-state index in [1.54, 1.807) is 49.4 Å². The second kappa shape index (κ2) is 9.77. The summed E-state index contributed by atoms with van der Waals surface area (Å²) in [5.74, 6) is -3.95. The van der Waals surface area contributed by atoms with Crippen molar-refractivity contribution in [2.45, 2.75) is 26.4 Å². The third kappa shape index (κ3) is 5.45. The monoisotopic (exact) mass is 485 g/mol. The maximum atomic E-state index is 13.6. The second-order valence-corrected chi connectivity index (χ2v) is 8.22. The van der Waals surface area contributed by atoms with E-state index in [-0.39, 0.29) is 23.8 Å². The Morgan fingerprint density at radius 2 is 1.80 bits per heavy atom. The van der Waals surface area contributed by atoms with Crippen molar-refractivity contribution in [3.05, 3.63) is 78.4 Å². The zero-order chi connectivity index (χ0) is 25.2. The van der Waals surface area contributed by atoms with E-state index in [2.05, 4.69) is 15.2 Å². The molecule has 0 aliphatic carbocycles. The molecule has 182 valence electrons. The Morgan fingerprint density at radius 3 is 2.49 bits per heavy atom. The molecule has 3 aromatic rings. The highest BCUT2D eigenvalue weighted by molar-refractivity contribution is 6.15. The number of hydrogen-bond acceptors (Lipinski definition) is 4. The van der Waals surface area contributed by atoms with Gasteiger partial charge in [-0.2, -0.15) is 13.9 Å². The Labute approximate surface area is 200 Å². The van der Waals surface area contributed by atoms with Crippen molar-refractivity contribution < 1.29 is 27.1 Å². The smallest absolute Gasteiger partial charge is 0.387 e. The Bertz CT molecular complexity index is 1240. The van der Waals surface area contributed by atoms with Gasteiger partial charge >= 0.3 is 6.61 Å². The average Bonchev–Trinajstić information content (AvgIpc) is 3.11. The summed E-state index contributed by atoms with van der Waals surface area (Å²) >= 11 is 0. The molecule has 1 heterocycles. The first-order valence-corrected chi connectivity index (χ1v) is 10.9. The minimum absolute atomic E-state index is 0.0203. The molecule has 0 spiro atoms. The summed E-state index contributed by atoms with van der Waals surface area (Å²) in [6.45, 7) is -0.323. The van der Waals surface area contributed by atoms with Crippen molar-refractivity contribution in [1.82, 2.24) is 0 Å². The van der Waals surface area contributed by atoms with Crippen LogP contribution in [0.25, 0.3) is 11.1 Å². The molecule has 9 heteroatoms. The largest absolute Gasteiger partial charge is 0.434 e. The lowest BCUT2D eigenvalue weighted by Crippen LogP contribution is -2.31. The van der Waals surface area contributed by atoms with E-state index in [4.69, 9.17) is 0 Å². The number of ether oxygens (including phenoxy) is 1. The number of rotatable bonds is 8. The molecule has 1 unspecified atom stereocenters. The number of carbonyl (C=O) groups is 1. The Kier molecular flexibility index (Phi) is 6.77. The molecule has 1 aliphatic rings. The zero-order valence-electron chi connectivity index (χ0n) is 19.0. The number of anilines is 2. The van der Waals surface area contributed by atoms with Gasteiger partial charge in [0.05, 0.1) is 17.3 Å². The van der Waals surface area contributed by atoms with Crippen molar-refractivity contribution in [2.75, 3.05) is 16.9 Å². The molecule has 5 nitrogen and oxygen atoms in total. The summed E-state index contributed by atoms with van der Waals surface area (Å²) < 4.78 is 57.8. The van der Waals surface area contributed by atoms with Gasteiger partial charge in [0.15, 0.2) is 0 Å². The predicted molar refractivity (Wildman–Crippen MR) is 127 cm³/mol. The fourth-order valence-electron chi connectivity index (χ4n) is 3.84. The zero-order valence-corrected chi connectivity index (χ0v) is 19.0. The highest BCUT2D eigenvalue weighted by atomic mass is 19.3. The number of hydrazone groups is 1. The highest BCUT2D eigenvalue weighted by Gasteiger charge is 2.35. The molecular formula is C26H23F4N3O2. The van der Waals surface area contributed by atoms with Crippen LogP contribution in [0.3, 0.4) is 0 Å². The summed E-state index contributed by atoms with van der Waals surface area (Å²) in [6.07, 6.45) is 0. The maximum Gasteiger partial charge on any atom is 0.387 e. The van der Waals surface area contributed by atoms with Crippen LogP contribution in [0.4, 0.5) is 28.9 Å². The first-order chi connectivity index (χ1) is 16.6. The van der Waals surface area contributed by atoms with E-state index >= 15 is 0 Å². The van der Waals surface area contributed by atoms with Gasteiger partial charge in [0, 0.05) is 30.3 Å². The van der Waals surface area contributed by atoms with Gasteiger partial charge in [0.1, 0.15) is 5.75 Å². The fourth-order valence-corrected chi connectivity index (χ4v) is 3.84. The molecule has 0 saturated carbocycles. The maximum absolute atomic E-state index is 13.6. The lowest BCUT2D eigenvalue weighted by Gasteiger charge is -2.18. The van der Waals surface area contributed by atoms with Crippen LogP contribution in [0, 0.1) is 5.92 Å². The first kappa shape index (κ1) is 24.3. The SMILES string of the molecule is CC1=NN(c2ccc(OC(F)F)c(-c3ccccc3)c2)C(=O)C1CNc1cccc(C(C)(F)F)c1. The first-order valence-electron chi connectivity index (χ1n) is 10.9. The van der Waals surface area contributed by atoms with Crippen LogP contribution >= 0.6 is 0 Å². The molecule has 0 aromatic heterocycles. The van der Waals surface area contributed by atoms with Crippen molar-refractivity contribution in [3.8, 4) is 16.9 Å². The van der Waals surface area contributed by atoms with Crippen LogP contribution in [0.1, 0.15) is 19.4 Å². The second-order valence-electron chi connectivity index (χ2n) is 8.22. The molecule has 0 saturated heterocycles. The van der Waals surface area contributed by atoms with Gasteiger partial charge in [-0.15, -0.1) is 0 Å². The van der Waals surface area contributed by atoms with E-state index in [0.29, 0.717) is 28.2 Å². The molecule has 4 rings (SSSR count). The average molecular weight is 485 g/mol. The van der Waals surface area contributed by atoms with Crippen LogP contribution in [-0.2, 0) is 10.7 Å². The van der Waals surface area contributed by atoms with Crippen LogP contribution in [0.5, 0.6) is 5.75 Å². The van der Waals surface area contributed by atoms with Crippen LogP contribution < -0.4 is 15.1 Å². The van der Waals surface area contributed by atoms with Crippen LogP contribution in [0.2, 0.25) is 0 Å². The number of nitrogens with one attached hydrogen (secondary N) is 1. The Morgan fingerprint density at radius 1 is 1.06 bits per heavy atom. The summed E-state index contributed by atoms with van der Waals surface area (Å²) in [5, 5.41) is 8.62. The minimum atomic E-state index is -3.00. The predicted octanol–water partition coefficient (Wildman–Crippen LogP) is 6.52. The van der Waals surface area contributed by atoms with Crippen LogP contribution in [0.15, 0.2) is 77.9 Å². The number of nitrogens with zero attached hydrogens (tertiary/aromatic N) is 2. The van der Waals surface area contributed by atoms with Crippen LogP contribution in [-0.4, -0.2) is 24.8 Å². The lowest BCUT2D eigenvalue weighted by molar-refractivity contribution is -0.119. The molecule has 0 fully saturated rings. The summed E-state index contributed by atoms with van der Waals surface area (Å²) in [7, 11) is 0. The van der Waals surface area contributed by atoms with E-state index in [1.165, 1.54) is 35.3 Å². The summed E-state index contributed by atoms with van der Waals surface area (Å²) in [6, 6.07) is 19.1. The molecule has 1 N–H and O–H groups in total. The number of alkyl halides is 4. The highest BCUT2D eigenvalue weighted by Crippen LogP contribution is 2.36. The van der Waals surface area contributed by atoms with Gasteiger partial charge in [-0.25, -0.2) is 13.8 Å². The standard InChI is InChI=1S/C26H23F4N3O2/c1-16-22(15-31-19-10-6-9-18(13-19)26(2,29)30)24(34)33(32-16)20-11-12-23(35-25(27)28)21(14-20)17-7-4-3-5-8-17/h3-14,22,25,31H,15H2,1-2H3. The number of amides is 1. The van der Waals surface area contributed by atoms with Gasteiger partial charge < -0.3 is 10.1 Å². The van der Waals surface area contributed by atoms with Gasteiger partial charge in [0.2, 0.25) is 0 Å². The van der Waals surface area contributed by atoms with Crippen molar-refractivity contribution in [3.63, 3.8) is 0 Å². The van der Waals surface area contributed by atoms with E-state index in [9.17, 15) is 22.4 Å². The van der Waals surface area contributed by atoms with Gasteiger partial charge in [-0.3, -0.25) is 4.79 Å². The number of halogens is 4. The van der Waals surface area contributed by atoms with Crippen molar-refractivity contribution >= 4 is 23.0 Å². The summed E-state index contributed by atoms with van der Waals surface area (Å²) in [4.78, 5) is 13.2. The number of carbonyl (C=O) groups excluding carboxylic acids is 1. The molecule has 1 aliphatic heterocycles. The molecular weight excluding hydrogens is 462 g/mol. The molecule has 35 heavy (non-hydrogen) atoms.